The predicted octanol–water partition coefficient (Wildman–Crippen LogP) is 4.57. The van der Waals surface area contributed by atoms with Gasteiger partial charge in [0.25, 0.3) is 0 Å². The summed E-state index contributed by atoms with van der Waals surface area (Å²) in [7, 11) is 0. The quantitative estimate of drug-likeness (QED) is 0.616. The zero-order chi connectivity index (χ0) is 21.1. The number of phenolic OH excluding ortho intramolecular Hbond substituents is 1. The van der Waals surface area contributed by atoms with E-state index in [-0.39, 0.29) is 17.4 Å². The fraction of sp³-hybridized carbons (Fsp3) is 0.240. The number of carbonyl (C=O) groups excluding carboxylic acids is 2. The van der Waals surface area contributed by atoms with Gasteiger partial charge in [-0.15, -0.1) is 0 Å². The van der Waals surface area contributed by atoms with Crippen molar-refractivity contribution in [3.8, 4) is 16.9 Å². The summed E-state index contributed by atoms with van der Waals surface area (Å²) in [6.07, 6.45) is 5.67. The van der Waals surface area contributed by atoms with Gasteiger partial charge in [-0.1, -0.05) is 37.3 Å². The van der Waals surface area contributed by atoms with Crippen molar-refractivity contribution >= 4 is 17.4 Å². The molecule has 0 saturated carbocycles. The number of aromatic hydroxyl groups is 1. The Labute approximate surface area is 176 Å². The van der Waals surface area contributed by atoms with Gasteiger partial charge in [0, 0.05) is 48.5 Å². The highest BCUT2D eigenvalue weighted by atomic mass is 16.3. The van der Waals surface area contributed by atoms with Crippen molar-refractivity contribution in [2.45, 2.75) is 32.6 Å². The van der Waals surface area contributed by atoms with Gasteiger partial charge in [-0.2, -0.15) is 0 Å². The van der Waals surface area contributed by atoms with E-state index in [1.807, 2.05) is 43.3 Å². The molecule has 0 fully saturated rings. The third-order valence-electron chi connectivity index (χ3n) is 5.62. The lowest BCUT2D eigenvalue weighted by Gasteiger charge is -2.17. The van der Waals surface area contributed by atoms with Crippen LogP contribution in [0.4, 0.5) is 5.69 Å². The van der Waals surface area contributed by atoms with Crippen LogP contribution in [0.2, 0.25) is 0 Å². The van der Waals surface area contributed by atoms with E-state index >= 15 is 0 Å². The number of aromatic nitrogens is 1. The Balaban J connectivity index is 1.50. The molecule has 1 aliphatic rings. The molecule has 0 spiro atoms. The van der Waals surface area contributed by atoms with Gasteiger partial charge < -0.3 is 10.0 Å². The summed E-state index contributed by atoms with van der Waals surface area (Å²) >= 11 is 0. The Kier molecular flexibility index (Phi) is 5.61. The maximum Gasteiger partial charge on any atom is 0.226 e. The maximum absolute atomic E-state index is 12.5. The molecule has 2 aromatic carbocycles. The minimum atomic E-state index is 0.0649. The molecule has 0 unspecified atom stereocenters. The number of rotatable bonds is 6. The van der Waals surface area contributed by atoms with E-state index < -0.39 is 0 Å². The number of fused-ring (bicyclic) bond motifs is 1. The number of ketones is 1. The molecule has 0 bridgehead atoms. The number of aryl methyl sites for hydroxylation is 1. The average Bonchev–Trinajstić information content (AvgIpc) is 3.23. The van der Waals surface area contributed by atoms with Crippen molar-refractivity contribution in [3.05, 3.63) is 77.6 Å². The Bertz CT molecular complexity index is 1080. The first-order valence-electron chi connectivity index (χ1n) is 10.3. The number of hydrogen-bond acceptors (Lipinski definition) is 4. The number of Topliss-reactive ketones (excluding diaryl/α,β-unsaturated/α-hetero) is 1. The molecule has 1 aromatic heterocycles. The van der Waals surface area contributed by atoms with Crippen LogP contribution < -0.4 is 4.90 Å². The first kappa shape index (κ1) is 19.8. The van der Waals surface area contributed by atoms with E-state index in [0.29, 0.717) is 43.4 Å². The van der Waals surface area contributed by atoms with E-state index in [1.165, 1.54) is 0 Å². The van der Waals surface area contributed by atoms with Crippen molar-refractivity contribution in [2.24, 2.45) is 0 Å². The van der Waals surface area contributed by atoms with Crippen LogP contribution in [0.15, 0.2) is 60.9 Å². The van der Waals surface area contributed by atoms with Gasteiger partial charge in [0.2, 0.25) is 5.91 Å². The molecule has 30 heavy (non-hydrogen) atoms. The normalized spacial score (nSPS) is 12.6. The largest absolute Gasteiger partial charge is 0.507 e. The molecule has 0 aliphatic carbocycles. The lowest BCUT2D eigenvalue weighted by Crippen LogP contribution is -2.27. The van der Waals surface area contributed by atoms with Crippen LogP contribution in [0.1, 0.15) is 41.3 Å². The third kappa shape index (κ3) is 3.83. The summed E-state index contributed by atoms with van der Waals surface area (Å²) in [4.78, 5) is 30.4. The SMILES string of the molecule is CCC(=O)N1CCc2c1ccc(-c1ccc(C(=O)CCc3cccnc3)cc1)c2O. The molecular formula is C25H24N2O3. The van der Waals surface area contributed by atoms with Crippen LogP contribution in [0.3, 0.4) is 0 Å². The van der Waals surface area contributed by atoms with Crippen LogP contribution in [-0.4, -0.2) is 28.3 Å². The van der Waals surface area contributed by atoms with Crippen LogP contribution >= 0.6 is 0 Å². The van der Waals surface area contributed by atoms with Crippen LogP contribution in [-0.2, 0) is 17.6 Å². The van der Waals surface area contributed by atoms with Gasteiger partial charge in [-0.25, -0.2) is 0 Å². The van der Waals surface area contributed by atoms with E-state index in [2.05, 4.69) is 4.98 Å². The van der Waals surface area contributed by atoms with Gasteiger partial charge in [0.1, 0.15) is 5.75 Å². The Morgan fingerprint density at radius 3 is 2.60 bits per heavy atom. The minimum absolute atomic E-state index is 0.0649. The van der Waals surface area contributed by atoms with Gasteiger partial charge in [0.05, 0.1) is 5.69 Å². The van der Waals surface area contributed by atoms with Crippen molar-refractivity contribution < 1.29 is 14.7 Å². The summed E-state index contributed by atoms with van der Waals surface area (Å²) in [5, 5.41) is 10.8. The molecular weight excluding hydrogens is 376 g/mol. The average molecular weight is 400 g/mol. The van der Waals surface area contributed by atoms with Gasteiger partial charge in [-0.3, -0.25) is 14.6 Å². The number of benzene rings is 2. The van der Waals surface area contributed by atoms with Gasteiger partial charge in [0.15, 0.2) is 5.78 Å². The molecule has 4 rings (SSSR count). The standard InChI is InChI=1S/C25H24N2O3/c1-2-24(29)27-15-13-21-22(27)11-10-20(25(21)30)18-6-8-19(9-7-18)23(28)12-5-17-4-3-14-26-16-17/h3-4,6-11,14,16,30H,2,5,12-13,15H2,1H3. The molecule has 152 valence electrons. The van der Waals surface area contributed by atoms with E-state index in [0.717, 1.165) is 22.4 Å². The van der Waals surface area contributed by atoms with Crippen molar-refractivity contribution in [2.75, 3.05) is 11.4 Å². The first-order valence-corrected chi connectivity index (χ1v) is 10.3. The summed E-state index contributed by atoms with van der Waals surface area (Å²) in [6.45, 7) is 2.44. The molecule has 0 atom stereocenters. The second-order valence-electron chi connectivity index (χ2n) is 7.47. The fourth-order valence-corrected chi connectivity index (χ4v) is 3.94. The molecule has 1 N–H and O–H groups in total. The molecule has 1 aliphatic heterocycles. The van der Waals surface area contributed by atoms with E-state index in [4.69, 9.17) is 0 Å². The fourth-order valence-electron chi connectivity index (χ4n) is 3.94. The zero-order valence-corrected chi connectivity index (χ0v) is 17.0. The monoisotopic (exact) mass is 400 g/mol. The van der Waals surface area contributed by atoms with Crippen LogP contribution in [0.25, 0.3) is 11.1 Å². The number of nitrogens with zero attached hydrogens (tertiary/aromatic N) is 2. The molecule has 5 nitrogen and oxygen atoms in total. The molecule has 0 saturated heterocycles. The van der Waals surface area contributed by atoms with E-state index in [1.54, 1.807) is 29.4 Å². The maximum atomic E-state index is 12.5. The predicted molar refractivity (Wildman–Crippen MR) is 117 cm³/mol. The van der Waals surface area contributed by atoms with E-state index in [9.17, 15) is 14.7 Å². The highest BCUT2D eigenvalue weighted by Gasteiger charge is 2.27. The van der Waals surface area contributed by atoms with Crippen molar-refractivity contribution in [1.82, 2.24) is 4.98 Å². The Morgan fingerprint density at radius 1 is 1.10 bits per heavy atom. The van der Waals surface area contributed by atoms with Crippen molar-refractivity contribution in [1.29, 1.82) is 0 Å². The Morgan fingerprint density at radius 2 is 1.90 bits per heavy atom. The molecule has 5 heteroatoms. The second-order valence-corrected chi connectivity index (χ2v) is 7.47. The highest BCUT2D eigenvalue weighted by molar-refractivity contribution is 5.98. The number of pyridine rings is 1. The summed E-state index contributed by atoms with van der Waals surface area (Å²) < 4.78 is 0. The van der Waals surface area contributed by atoms with Gasteiger partial charge >= 0.3 is 0 Å². The van der Waals surface area contributed by atoms with Crippen molar-refractivity contribution in [3.63, 3.8) is 0 Å². The smallest absolute Gasteiger partial charge is 0.226 e. The lowest BCUT2D eigenvalue weighted by atomic mass is 9.97. The first-order chi connectivity index (χ1) is 14.6. The molecule has 0 radical (unpaired) electrons. The number of amides is 1. The summed E-state index contributed by atoms with van der Waals surface area (Å²) in [6, 6.07) is 14.9. The minimum Gasteiger partial charge on any atom is -0.507 e. The molecule has 2 heterocycles. The zero-order valence-electron chi connectivity index (χ0n) is 17.0. The topological polar surface area (TPSA) is 70.5 Å². The molecule has 3 aromatic rings. The highest BCUT2D eigenvalue weighted by Crippen LogP contribution is 2.41. The summed E-state index contributed by atoms with van der Waals surface area (Å²) in [5.74, 6) is 0.363. The number of phenols is 1. The number of hydrogen-bond donors (Lipinski definition) is 1. The molecule has 1 amide bonds. The third-order valence-corrected chi connectivity index (χ3v) is 5.62. The summed E-state index contributed by atoms with van der Waals surface area (Å²) in [5.41, 5.74) is 4.87. The second kappa shape index (κ2) is 8.49. The lowest BCUT2D eigenvalue weighted by molar-refractivity contribution is -0.118. The van der Waals surface area contributed by atoms with Crippen LogP contribution in [0, 0.1) is 0 Å². The van der Waals surface area contributed by atoms with Gasteiger partial charge in [-0.05, 0) is 42.2 Å². The number of carbonyl (C=O) groups is 2. The van der Waals surface area contributed by atoms with Crippen LogP contribution in [0.5, 0.6) is 5.75 Å². The number of anilines is 1. The Hall–Kier alpha value is -3.47.